The summed E-state index contributed by atoms with van der Waals surface area (Å²) in [4.78, 5) is 14.5. The SMILES string of the molecule is C[C@@H]1CO[C@@H](C)CN1C(=O)c1cccc2c1OCO2. The molecule has 1 fully saturated rings. The van der Waals surface area contributed by atoms with Gasteiger partial charge in [-0.2, -0.15) is 0 Å². The summed E-state index contributed by atoms with van der Waals surface area (Å²) in [7, 11) is 0. The van der Waals surface area contributed by atoms with Crippen LogP contribution in [0.2, 0.25) is 0 Å². The van der Waals surface area contributed by atoms with Crippen LogP contribution in [0.5, 0.6) is 11.5 Å². The lowest BCUT2D eigenvalue weighted by Crippen LogP contribution is -2.50. The summed E-state index contributed by atoms with van der Waals surface area (Å²) in [5.74, 6) is 1.17. The normalized spacial score (nSPS) is 25.5. The lowest BCUT2D eigenvalue weighted by atomic mass is 10.1. The van der Waals surface area contributed by atoms with Crippen LogP contribution in [0, 0.1) is 0 Å². The molecule has 1 aromatic carbocycles. The molecule has 0 radical (unpaired) electrons. The van der Waals surface area contributed by atoms with Crippen LogP contribution in [0.15, 0.2) is 18.2 Å². The molecule has 2 aliphatic rings. The summed E-state index contributed by atoms with van der Waals surface area (Å²) in [5, 5.41) is 0. The van der Waals surface area contributed by atoms with Crippen molar-refractivity contribution in [3.05, 3.63) is 23.8 Å². The van der Waals surface area contributed by atoms with Gasteiger partial charge < -0.3 is 19.1 Å². The highest BCUT2D eigenvalue weighted by atomic mass is 16.7. The number of amides is 1. The minimum Gasteiger partial charge on any atom is -0.454 e. The van der Waals surface area contributed by atoms with Crippen LogP contribution in [0.25, 0.3) is 0 Å². The number of hydrogen-bond acceptors (Lipinski definition) is 4. The molecular formula is C14H17NO4. The van der Waals surface area contributed by atoms with E-state index in [9.17, 15) is 4.79 Å². The maximum absolute atomic E-state index is 12.7. The Kier molecular flexibility index (Phi) is 3.06. The lowest BCUT2D eigenvalue weighted by Gasteiger charge is -2.36. The standard InChI is InChI=1S/C14H17NO4/c1-9-7-17-10(2)6-15(9)14(16)11-4-3-5-12-13(11)19-8-18-12/h3-5,9-10H,6-8H2,1-2H3/t9-,10+/m1/s1. The molecule has 0 aliphatic carbocycles. The molecule has 2 atom stereocenters. The largest absolute Gasteiger partial charge is 0.454 e. The predicted octanol–water partition coefficient (Wildman–Crippen LogP) is 1.66. The molecule has 5 heteroatoms. The minimum atomic E-state index is -0.0231. The summed E-state index contributed by atoms with van der Waals surface area (Å²) in [5.41, 5.74) is 0.566. The zero-order valence-corrected chi connectivity index (χ0v) is 11.1. The number of rotatable bonds is 1. The van der Waals surface area contributed by atoms with Crippen LogP contribution in [0.1, 0.15) is 24.2 Å². The van der Waals surface area contributed by atoms with Crippen molar-refractivity contribution in [1.82, 2.24) is 4.90 Å². The quantitative estimate of drug-likeness (QED) is 0.773. The number of para-hydroxylation sites is 1. The molecule has 0 aromatic heterocycles. The van der Waals surface area contributed by atoms with Gasteiger partial charge in [-0.3, -0.25) is 4.79 Å². The highest BCUT2D eigenvalue weighted by Gasteiger charge is 2.31. The number of carbonyl (C=O) groups is 1. The Balaban J connectivity index is 1.90. The lowest BCUT2D eigenvalue weighted by molar-refractivity contribution is -0.0388. The van der Waals surface area contributed by atoms with Crippen molar-refractivity contribution in [2.45, 2.75) is 26.0 Å². The highest BCUT2D eigenvalue weighted by Crippen LogP contribution is 2.36. The summed E-state index contributed by atoms with van der Waals surface area (Å²) in [6.07, 6.45) is 0.0640. The summed E-state index contributed by atoms with van der Waals surface area (Å²) in [6.45, 7) is 5.31. The third kappa shape index (κ3) is 2.14. The van der Waals surface area contributed by atoms with Crippen molar-refractivity contribution >= 4 is 5.91 Å². The van der Waals surface area contributed by atoms with Gasteiger partial charge in [0, 0.05) is 6.54 Å². The molecule has 3 rings (SSSR count). The molecule has 102 valence electrons. The van der Waals surface area contributed by atoms with Crippen molar-refractivity contribution in [3.63, 3.8) is 0 Å². The van der Waals surface area contributed by atoms with E-state index in [1.165, 1.54) is 0 Å². The maximum Gasteiger partial charge on any atom is 0.258 e. The molecule has 5 nitrogen and oxygen atoms in total. The van der Waals surface area contributed by atoms with Gasteiger partial charge in [0.2, 0.25) is 6.79 Å². The molecular weight excluding hydrogens is 246 g/mol. The minimum absolute atomic E-state index is 0.0231. The van der Waals surface area contributed by atoms with Gasteiger partial charge in [-0.05, 0) is 26.0 Å². The van der Waals surface area contributed by atoms with E-state index in [4.69, 9.17) is 14.2 Å². The van der Waals surface area contributed by atoms with E-state index in [2.05, 4.69) is 0 Å². The third-order valence-electron chi connectivity index (χ3n) is 3.50. The van der Waals surface area contributed by atoms with E-state index in [-0.39, 0.29) is 24.8 Å². The first kappa shape index (κ1) is 12.3. The topological polar surface area (TPSA) is 48.0 Å². The molecule has 0 bridgehead atoms. The van der Waals surface area contributed by atoms with Crippen molar-refractivity contribution in [3.8, 4) is 11.5 Å². The second-order valence-corrected chi connectivity index (χ2v) is 4.99. The van der Waals surface area contributed by atoms with E-state index < -0.39 is 0 Å². The van der Waals surface area contributed by atoms with Gasteiger partial charge in [-0.25, -0.2) is 0 Å². The van der Waals surface area contributed by atoms with Gasteiger partial charge in [0.25, 0.3) is 5.91 Å². The first-order valence-corrected chi connectivity index (χ1v) is 6.48. The number of morpholine rings is 1. The molecule has 0 N–H and O–H groups in total. The van der Waals surface area contributed by atoms with Gasteiger partial charge in [0.1, 0.15) is 0 Å². The smallest absolute Gasteiger partial charge is 0.258 e. The van der Waals surface area contributed by atoms with Crippen LogP contribution < -0.4 is 9.47 Å². The van der Waals surface area contributed by atoms with Crippen LogP contribution in [0.4, 0.5) is 0 Å². The van der Waals surface area contributed by atoms with Gasteiger partial charge >= 0.3 is 0 Å². The number of ether oxygens (including phenoxy) is 3. The van der Waals surface area contributed by atoms with E-state index in [0.717, 1.165) is 0 Å². The second-order valence-electron chi connectivity index (χ2n) is 4.99. The van der Waals surface area contributed by atoms with E-state index in [1.54, 1.807) is 6.07 Å². The summed E-state index contributed by atoms with van der Waals surface area (Å²) in [6, 6.07) is 5.48. The van der Waals surface area contributed by atoms with Gasteiger partial charge in [0.15, 0.2) is 11.5 Å². The molecule has 2 aliphatic heterocycles. The number of nitrogens with zero attached hydrogens (tertiary/aromatic N) is 1. The summed E-state index contributed by atoms with van der Waals surface area (Å²) < 4.78 is 16.3. The third-order valence-corrected chi connectivity index (χ3v) is 3.50. The molecule has 1 amide bonds. The zero-order valence-electron chi connectivity index (χ0n) is 11.1. The van der Waals surface area contributed by atoms with Crippen LogP contribution in [-0.4, -0.2) is 42.9 Å². The van der Waals surface area contributed by atoms with Crippen LogP contribution >= 0.6 is 0 Å². The first-order chi connectivity index (χ1) is 9.16. The maximum atomic E-state index is 12.7. The highest BCUT2D eigenvalue weighted by molar-refractivity contribution is 5.98. The molecule has 1 aromatic rings. The average Bonchev–Trinajstić information content (AvgIpc) is 2.89. The number of hydrogen-bond donors (Lipinski definition) is 0. The molecule has 2 heterocycles. The molecule has 0 spiro atoms. The number of carbonyl (C=O) groups excluding carboxylic acids is 1. The van der Waals surface area contributed by atoms with Gasteiger partial charge in [-0.1, -0.05) is 6.07 Å². The van der Waals surface area contributed by atoms with E-state index in [1.807, 2.05) is 30.9 Å². The van der Waals surface area contributed by atoms with Crippen molar-refractivity contribution in [1.29, 1.82) is 0 Å². The fraction of sp³-hybridized carbons (Fsp3) is 0.500. The summed E-state index contributed by atoms with van der Waals surface area (Å²) >= 11 is 0. The van der Waals surface area contributed by atoms with Crippen molar-refractivity contribution in [2.75, 3.05) is 19.9 Å². The van der Waals surface area contributed by atoms with Gasteiger partial charge in [-0.15, -0.1) is 0 Å². The van der Waals surface area contributed by atoms with Crippen LogP contribution in [0.3, 0.4) is 0 Å². The van der Waals surface area contributed by atoms with Gasteiger partial charge in [0.05, 0.1) is 24.3 Å². The fourth-order valence-corrected chi connectivity index (χ4v) is 2.44. The Bertz CT molecular complexity index is 502. The number of benzene rings is 1. The second kappa shape index (κ2) is 4.74. The fourth-order valence-electron chi connectivity index (χ4n) is 2.44. The molecule has 0 saturated carbocycles. The van der Waals surface area contributed by atoms with Crippen molar-refractivity contribution in [2.24, 2.45) is 0 Å². The molecule has 19 heavy (non-hydrogen) atoms. The predicted molar refractivity (Wildman–Crippen MR) is 68.5 cm³/mol. The Morgan fingerprint density at radius 2 is 2.16 bits per heavy atom. The zero-order chi connectivity index (χ0) is 13.4. The molecule has 1 saturated heterocycles. The Labute approximate surface area is 112 Å². The van der Waals surface area contributed by atoms with E-state index in [0.29, 0.717) is 30.2 Å². The Hall–Kier alpha value is -1.75. The number of fused-ring (bicyclic) bond motifs is 1. The van der Waals surface area contributed by atoms with Crippen LogP contribution in [-0.2, 0) is 4.74 Å². The monoisotopic (exact) mass is 263 g/mol. The van der Waals surface area contributed by atoms with E-state index >= 15 is 0 Å². The average molecular weight is 263 g/mol. The Morgan fingerprint density at radius 1 is 1.32 bits per heavy atom. The Morgan fingerprint density at radius 3 is 3.00 bits per heavy atom. The first-order valence-electron chi connectivity index (χ1n) is 6.48. The van der Waals surface area contributed by atoms with Crippen molar-refractivity contribution < 1.29 is 19.0 Å². The molecule has 0 unspecified atom stereocenters.